The maximum absolute atomic E-state index is 12.9. The highest BCUT2D eigenvalue weighted by Crippen LogP contribution is 2.36. The number of carbonyl (C=O) groups is 1. The Labute approximate surface area is 122 Å². The molecule has 0 heterocycles. The molecule has 3 unspecified atom stereocenters. The van der Waals surface area contributed by atoms with Crippen molar-refractivity contribution < 1.29 is 9.53 Å². The summed E-state index contributed by atoms with van der Waals surface area (Å²) in [6, 6.07) is 9.91. The van der Waals surface area contributed by atoms with Gasteiger partial charge in [-0.2, -0.15) is 0 Å². The summed E-state index contributed by atoms with van der Waals surface area (Å²) in [5.41, 5.74) is 0.991. The minimum Gasteiger partial charge on any atom is -0.366 e. The monoisotopic (exact) mass is 274 g/mol. The lowest BCUT2D eigenvalue weighted by atomic mass is 9.73. The van der Waals surface area contributed by atoms with Crippen molar-refractivity contribution in [3.63, 3.8) is 0 Å². The van der Waals surface area contributed by atoms with E-state index in [0.29, 0.717) is 18.4 Å². The first-order chi connectivity index (χ1) is 9.61. The SMILES string of the molecule is CCOC(C(=O)C1CC(C)CC(C)C1)c1ccccc1. The molecule has 1 fully saturated rings. The van der Waals surface area contributed by atoms with E-state index in [1.165, 1.54) is 6.42 Å². The van der Waals surface area contributed by atoms with Crippen LogP contribution in [-0.4, -0.2) is 12.4 Å². The number of benzene rings is 1. The molecule has 1 saturated carbocycles. The summed E-state index contributed by atoms with van der Waals surface area (Å²) in [7, 11) is 0. The molecule has 0 radical (unpaired) electrons. The number of Topliss-reactive ketones (excluding diaryl/α,β-unsaturated/α-hetero) is 1. The molecule has 20 heavy (non-hydrogen) atoms. The number of hydrogen-bond acceptors (Lipinski definition) is 2. The van der Waals surface area contributed by atoms with Crippen molar-refractivity contribution >= 4 is 5.78 Å². The Morgan fingerprint density at radius 2 is 1.75 bits per heavy atom. The van der Waals surface area contributed by atoms with Crippen LogP contribution >= 0.6 is 0 Å². The fourth-order valence-electron chi connectivity index (χ4n) is 3.53. The molecule has 3 atom stereocenters. The van der Waals surface area contributed by atoms with Gasteiger partial charge in [-0.1, -0.05) is 44.2 Å². The van der Waals surface area contributed by atoms with Crippen LogP contribution < -0.4 is 0 Å². The van der Waals surface area contributed by atoms with Crippen LogP contribution in [0.4, 0.5) is 0 Å². The van der Waals surface area contributed by atoms with Crippen LogP contribution in [0.5, 0.6) is 0 Å². The maximum Gasteiger partial charge on any atom is 0.169 e. The zero-order chi connectivity index (χ0) is 14.5. The third-order valence-corrected chi connectivity index (χ3v) is 4.27. The van der Waals surface area contributed by atoms with Crippen molar-refractivity contribution in [1.82, 2.24) is 0 Å². The lowest BCUT2D eigenvalue weighted by Gasteiger charge is -2.32. The molecule has 1 aliphatic carbocycles. The first-order valence-electron chi connectivity index (χ1n) is 7.82. The second kappa shape index (κ2) is 7.03. The Bertz CT molecular complexity index is 416. The summed E-state index contributed by atoms with van der Waals surface area (Å²) in [6.45, 7) is 7.04. The van der Waals surface area contributed by atoms with Crippen LogP contribution in [0.25, 0.3) is 0 Å². The molecular formula is C18H26O2. The van der Waals surface area contributed by atoms with Gasteiger partial charge in [0.1, 0.15) is 6.10 Å². The molecule has 0 spiro atoms. The summed E-state index contributed by atoms with van der Waals surface area (Å²) in [6.07, 6.45) is 2.89. The van der Waals surface area contributed by atoms with Crippen molar-refractivity contribution in [2.45, 2.75) is 46.1 Å². The molecule has 0 saturated heterocycles. The first-order valence-corrected chi connectivity index (χ1v) is 7.82. The van der Waals surface area contributed by atoms with Gasteiger partial charge >= 0.3 is 0 Å². The lowest BCUT2D eigenvalue weighted by Crippen LogP contribution is -2.30. The summed E-state index contributed by atoms with van der Waals surface area (Å²) in [5, 5.41) is 0. The molecule has 0 aromatic heterocycles. The normalized spacial score (nSPS) is 28.1. The fourth-order valence-corrected chi connectivity index (χ4v) is 3.53. The van der Waals surface area contributed by atoms with Gasteiger partial charge < -0.3 is 4.74 Å². The molecule has 0 aliphatic heterocycles. The van der Waals surface area contributed by atoms with Crippen molar-refractivity contribution in [3.8, 4) is 0 Å². The van der Waals surface area contributed by atoms with E-state index >= 15 is 0 Å². The van der Waals surface area contributed by atoms with Gasteiger partial charge in [-0.05, 0) is 43.6 Å². The van der Waals surface area contributed by atoms with Crippen molar-refractivity contribution in [2.75, 3.05) is 6.61 Å². The Morgan fingerprint density at radius 3 is 2.30 bits per heavy atom. The molecule has 0 N–H and O–H groups in total. The smallest absolute Gasteiger partial charge is 0.169 e. The van der Waals surface area contributed by atoms with Gasteiger partial charge in [-0.25, -0.2) is 0 Å². The Morgan fingerprint density at radius 1 is 1.15 bits per heavy atom. The molecular weight excluding hydrogens is 248 g/mol. The predicted molar refractivity (Wildman–Crippen MR) is 81.5 cm³/mol. The Balaban J connectivity index is 2.14. The highest BCUT2D eigenvalue weighted by Gasteiger charge is 2.33. The lowest BCUT2D eigenvalue weighted by molar-refractivity contribution is -0.137. The van der Waals surface area contributed by atoms with Crippen LogP contribution in [0, 0.1) is 17.8 Å². The van der Waals surface area contributed by atoms with Gasteiger partial charge in [0.2, 0.25) is 0 Å². The zero-order valence-corrected chi connectivity index (χ0v) is 12.8. The molecule has 110 valence electrons. The third kappa shape index (κ3) is 3.69. The Hall–Kier alpha value is -1.15. The second-order valence-corrected chi connectivity index (χ2v) is 6.26. The average molecular weight is 274 g/mol. The zero-order valence-electron chi connectivity index (χ0n) is 12.8. The summed E-state index contributed by atoms with van der Waals surface area (Å²) in [5.74, 6) is 1.72. The van der Waals surface area contributed by atoms with E-state index in [1.54, 1.807) is 0 Å². The van der Waals surface area contributed by atoms with E-state index in [9.17, 15) is 4.79 Å². The largest absolute Gasteiger partial charge is 0.366 e. The third-order valence-electron chi connectivity index (χ3n) is 4.27. The second-order valence-electron chi connectivity index (χ2n) is 6.26. The van der Waals surface area contributed by atoms with Crippen LogP contribution in [0.1, 0.15) is 51.7 Å². The molecule has 1 aromatic carbocycles. The van der Waals surface area contributed by atoms with Crippen molar-refractivity contribution in [3.05, 3.63) is 35.9 Å². The Kier molecular flexibility index (Phi) is 5.36. The standard InChI is InChI=1S/C18H26O2/c1-4-20-18(15-8-6-5-7-9-15)17(19)16-11-13(2)10-14(3)12-16/h5-9,13-14,16,18H,4,10-12H2,1-3H3. The van der Waals surface area contributed by atoms with Gasteiger partial charge in [-0.3, -0.25) is 4.79 Å². The molecule has 2 nitrogen and oxygen atoms in total. The van der Waals surface area contributed by atoms with E-state index in [2.05, 4.69) is 13.8 Å². The van der Waals surface area contributed by atoms with Crippen LogP contribution in [0.15, 0.2) is 30.3 Å². The number of carbonyl (C=O) groups excluding carboxylic acids is 1. The maximum atomic E-state index is 12.9. The van der Waals surface area contributed by atoms with Crippen LogP contribution in [-0.2, 0) is 9.53 Å². The molecule has 1 aromatic rings. The fraction of sp³-hybridized carbons (Fsp3) is 0.611. The molecule has 2 heteroatoms. The summed E-state index contributed by atoms with van der Waals surface area (Å²) in [4.78, 5) is 12.9. The topological polar surface area (TPSA) is 26.3 Å². The van der Waals surface area contributed by atoms with E-state index in [-0.39, 0.29) is 17.8 Å². The van der Waals surface area contributed by atoms with Crippen LogP contribution in [0.2, 0.25) is 0 Å². The van der Waals surface area contributed by atoms with Gasteiger partial charge in [0, 0.05) is 12.5 Å². The number of ketones is 1. The minimum absolute atomic E-state index is 0.158. The average Bonchev–Trinajstić information content (AvgIpc) is 2.44. The number of rotatable bonds is 5. The summed E-state index contributed by atoms with van der Waals surface area (Å²) < 4.78 is 5.76. The number of ether oxygens (including phenoxy) is 1. The first kappa shape index (κ1) is 15.2. The van der Waals surface area contributed by atoms with E-state index < -0.39 is 0 Å². The highest BCUT2D eigenvalue weighted by atomic mass is 16.5. The highest BCUT2D eigenvalue weighted by molar-refractivity contribution is 5.86. The minimum atomic E-state index is -0.385. The van der Waals surface area contributed by atoms with Crippen LogP contribution in [0.3, 0.4) is 0 Å². The summed E-state index contributed by atoms with van der Waals surface area (Å²) >= 11 is 0. The molecule has 0 bridgehead atoms. The molecule has 2 rings (SSSR count). The predicted octanol–water partition coefficient (Wildman–Crippen LogP) is 4.41. The van der Waals surface area contributed by atoms with Crippen molar-refractivity contribution in [2.24, 2.45) is 17.8 Å². The quantitative estimate of drug-likeness (QED) is 0.795. The van der Waals surface area contributed by atoms with Crippen molar-refractivity contribution in [1.29, 1.82) is 0 Å². The van der Waals surface area contributed by atoms with E-state index in [0.717, 1.165) is 18.4 Å². The van der Waals surface area contributed by atoms with Gasteiger partial charge in [0.25, 0.3) is 0 Å². The van der Waals surface area contributed by atoms with Gasteiger partial charge in [0.05, 0.1) is 0 Å². The molecule has 0 amide bonds. The van der Waals surface area contributed by atoms with E-state index in [4.69, 9.17) is 4.74 Å². The van der Waals surface area contributed by atoms with Gasteiger partial charge in [-0.15, -0.1) is 0 Å². The van der Waals surface area contributed by atoms with E-state index in [1.807, 2.05) is 37.3 Å². The molecule has 1 aliphatic rings. The van der Waals surface area contributed by atoms with Gasteiger partial charge in [0.15, 0.2) is 5.78 Å². The number of hydrogen-bond donors (Lipinski definition) is 0.